The fourth-order valence-electron chi connectivity index (χ4n) is 2.35. The van der Waals surface area contributed by atoms with Crippen molar-refractivity contribution in [3.8, 4) is 0 Å². The topological polar surface area (TPSA) is 92.3 Å². The van der Waals surface area contributed by atoms with E-state index in [1.54, 1.807) is 24.3 Å². The van der Waals surface area contributed by atoms with Crippen molar-refractivity contribution in [2.45, 2.75) is 19.8 Å². The minimum atomic E-state index is -3.51. The van der Waals surface area contributed by atoms with Gasteiger partial charge in [0.2, 0.25) is 15.9 Å². The van der Waals surface area contributed by atoms with Crippen molar-refractivity contribution in [1.82, 2.24) is 4.72 Å². The van der Waals surface area contributed by atoms with Crippen LogP contribution in [0.3, 0.4) is 0 Å². The number of carbonyl (C=O) groups is 2. The lowest BCUT2D eigenvalue weighted by atomic mass is 10.1. The standard InChI is InChI=1S/C19H22N2O4S/c1-15(22)17-9-11-18(12-10-17)21-19(23)14-20-26(24,25)13-5-8-16-6-3-2-4-7-16/h2-4,6-7,9-12,20H,5,8,13-14H2,1H3,(H,21,23). The Bertz CT molecular complexity index is 847. The molecule has 0 radical (unpaired) electrons. The molecular weight excluding hydrogens is 352 g/mol. The average Bonchev–Trinajstić information content (AvgIpc) is 2.61. The lowest BCUT2D eigenvalue weighted by molar-refractivity contribution is -0.115. The highest BCUT2D eigenvalue weighted by atomic mass is 32.2. The van der Waals surface area contributed by atoms with Crippen LogP contribution in [0.25, 0.3) is 0 Å². The number of Topliss-reactive ketones (excluding diaryl/α,β-unsaturated/α-hetero) is 1. The lowest BCUT2D eigenvalue weighted by Crippen LogP contribution is -2.34. The van der Waals surface area contributed by atoms with Crippen molar-refractivity contribution in [2.24, 2.45) is 0 Å². The molecule has 0 spiro atoms. The van der Waals surface area contributed by atoms with E-state index in [1.807, 2.05) is 30.3 Å². The van der Waals surface area contributed by atoms with Crippen LogP contribution in [-0.2, 0) is 21.2 Å². The Kier molecular flexibility index (Phi) is 7.06. The predicted molar refractivity (Wildman–Crippen MR) is 102 cm³/mol. The molecule has 0 aromatic heterocycles. The summed E-state index contributed by atoms with van der Waals surface area (Å²) in [7, 11) is -3.51. The van der Waals surface area contributed by atoms with Gasteiger partial charge in [-0.2, -0.15) is 0 Å². The quantitative estimate of drug-likeness (QED) is 0.659. The average molecular weight is 374 g/mol. The van der Waals surface area contributed by atoms with E-state index in [9.17, 15) is 18.0 Å². The third kappa shape index (κ3) is 6.78. The number of carbonyl (C=O) groups excluding carboxylic acids is 2. The molecule has 2 N–H and O–H groups in total. The summed E-state index contributed by atoms with van der Waals surface area (Å²) < 4.78 is 26.2. The van der Waals surface area contributed by atoms with Gasteiger partial charge in [0.05, 0.1) is 12.3 Å². The number of aryl methyl sites for hydroxylation is 1. The molecule has 0 unspecified atom stereocenters. The van der Waals surface area contributed by atoms with Crippen LogP contribution in [0.5, 0.6) is 0 Å². The molecule has 0 bridgehead atoms. The minimum absolute atomic E-state index is 0.0392. The van der Waals surface area contributed by atoms with E-state index in [0.717, 1.165) is 5.56 Å². The molecule has 2 rings (SSSR count). The molecule has 0 atom stereocenters. The number of amides is 1. The zero-order valence-corrected chi connectivity index (χ0v) is 15.4. The van der Waals surface area contributed by atoms with E-state index in [4.69, 9.17) is 0 Å². The van der Waals surface area contributed by atoms with E-state index in [-0.39, 0.29) is 18.1 Å². The van der Waals surface area contributed by atoms with Crippen molar-refractivity contribution in [1.29, 1.82) is 0 Å². The smallest absolute Gasteiger partial charge is 0.239 e. The van der Waals surface area contributed by atoms with Crippen molar-refractivity contribution >= 4 is 27.4 Å². The van der Waals surface area contributed by atoms with Crippen LogP contribution in [0, 0.1) is 0 Å². The third-order valence-corrected chi connectivity index (χ3v) is 5.16. The van der Waals surface area contributed by atoms with Crippen LogP contribution < -0.4 is 10.0 Å². The Morgan fingerprint density at radius 1 is 0.962 bits per heavy atom. The summed E-state index contributed by atoms with van der Waals surface area (Å²) in [6.45, 7) is 1.13. The van der Waals surface area contributed by atoms with E-state index >= 15 is 0 Å². The van der Waals surface area contributed by atoms with Gasteiger partial charge in [0.15, 0.2) is 5.78 Å². The number of rotatable bonds is 9. The first-order chi connectivity index (χ1) is 12.4. The zero-order chi connectivity index (χ0) is 19.0. The highest BCUT2D eigenvalue weighted by molar-refractivity contribution is 7.89. The van der Waals surface area contributed by atoms with Gasteiger partial charge >= 0.3 is 0 Å². The molecule has 7 heteroatoms. The molecule has 0 aliphatic rings. The SMILES string of the molecule is CC(=O)c1ccc(NC(=O)CNS(=O)(=O)CCCc2ccccc2)cc1. The summed E-state index contributed by atoms with van der Waals surface area (Å²) in [5.74, 6) is -0.569. The summed E-state index contributed by atoms with van der Waals surface area (Å²) in [5.41, 5.74) is 2.12. The largest absolute Gasteiger partial charge is 0.325 e. The van der Waals surface area contributed by atoms with Gasteiger partial charge in [-0.05, 0) is 49.6 Å². The first-order valence-electron chi connectivity index (χ1n) is 8.28. The fraction of sp³-hybridized carbons (Fsp3) is 0.263. The van der Waals surface area contributed by atoms with Crippen LogP contribution in [0.1, 0.15) is 29.3 Å². The molecule has 0 aliphatic heterocycles. The summed E-state index contributed by atoms with van der Waals surface area (Å²) in [6.07, 6.45) is 1.14. The molecule has 0 heterocycles. The fourth-order valence-corrected chi connectivity index (χ4v) is 3.37. The maximum atomic E-state index is 12.0. The van der Waals surface area contributed by atoms with Gasteiger partial charge in [-0.15, -0.1) is 0 Å². The molecule has 0 aliphatic carbocycles. The van der Waals surface area contributed by atoms with Gasteiger partial charge in [-0.3, -0.25) is 9.59 Å². The maximum Gasteiger partial charge on any atom is 0.239 e. The van der Waals surface area contributed by atoms with Crippen molar-refractivity contribution in [3.05, 3.63) is 65.7 Å². The summed E-state index contributed by atoms with van der Waals surface area (Å²) in [5, 5.41) is 2.59. The monoisotopic (exact) mass is 374 g/mol. The number of hydrogen-bond acceptors (Lipinski definition) is 4. The number of anilines is 1. The Hall–Kier alpha value is -2.51. The van der Waals surface area contributed by atoms with Crippen LogP contribution in [0.2, 0.25) is 0 Å². The van der Waals surface area contributed by atoms with Gasteiger partial charge in [0.25, 0.3) is 0 Å². The second-order valence-electron chi connectivity index (χ2n) is 5.91. The highest BCUT2D eigenvalue weighted by Crippen LogP contribution is 2.10. The number of nitrogens with one attached hydrogen (secondary N) is 2. The first-order valence-corrected chi connectivity index (χ1v) is 9.93. The minimum Gasteiger partial charge on any atom is -0.325 e. The van der Waals surface area contributed by atoms with E-state index in [2.05, 4.69) is 10.0 Å². The third-order valence-electron chi connectivity index (χ3n) is 3.75. The predicted octanol–water partition coefficient (Wildman–Crippen LogP) is 2.38. The van der Waals surface area contributed by atoms with Crippen molar-refractivity contribution in [2.75, 3.05) is 17.6 Å². The molecule has 0 saturated carbocycles. The van der Waals surface area contributed by atoms with E-state index in [1.165, 1.54) is 6.92 Å². The molecule has 0 saturated heterocycles. The van der Waals surface area contributed by atoms with Gasteiger partial charge in [0.1, 0.15) is 0 Å². The molecule has 0 fully saturated rings. The summed E-state index contributed by atoms with van der Waals surface area (Å²) in [4.78, 5) is 23.1. The Morgan fingerprint density at radius 2 is 1.62 bits per heavy atom. The summed E-state index contributed by atoms with van der Waals surface area (Å²) in [6, 6.07) is 16.0. The number of hydrogen-bond donors (Lipinski definition) is 2. The molecular formula is C19H22N2O4S. The normalized spacial score (nSPS) is 11.1. The van der Waals surface area contributed by atoms with Crippen LogP contribution in [-0.4, -0.2) is 32.4 Å². The molecule has 26 heavy (non-hydrogen) atoms. The second kappa shape index (κ2) is 9.26. The Labute approximate surface area is 153 Å². The molecule has 2 aromatic carbocycles. The first kappa shape index (κ1) is 19.8. The van der Waals surface area contributed by atoms with Crippen molar-refractivity contribution < 1.29 is 18.0 Å². The Morgan fingerprint density at radius 3 is 2.23 bits per heavy atom. The summed E-state index contributed by atoms with van der Waals surface area (Å²) >= 11 is 0. The zero-order valence-electron chi connectivity index (χ0n) is 14.6. The highest BCUT2D eigenvalue weighted by Gasteiger charge is 2.12. The molecule has 6 nitrogen and oxygen atoms in total. The van der Waals surface area contributed by atoms with Crippen LogP contribution in [0.4, 0.5) is 5.69 Å². The number of sulfonamides is 1. The van der Waals surface area contributed by atoms with Crippen LogP contribution in [0.15, 0.2) is 54.6 Å². The van der Waals surface area contributed by atoms with Crippen LogP contribution >= 0.6 is 0 Å². The Balaban J connectivity index is 1.75. The molecule has 1 amide bonds. The van der Waals surface area contributed by atoms with E-state index in [0.29, 0.717) is 24.1 Å². The van der Waals surface area contributed by atoms with Gasteiger partial charge in [-0.1, -0.05) is 30.3 Å². The van der Waals surface area contributed by atoms with Gasteiger partial charge < -0.3 is 5.32 Å². The molecule has 138 valence electrons. The lowest BCUT2D eigenvalue weighted by Gasteiger charge is -2.08. The van der Waals surface area contributed by atoms with Gasteiger partial charge in [0, 0.05) is 11.3 Å². The number of ketones is 1. The van der Waals surface area contributed by atoms with Gasteiger partial charge in [-0.25, -0.2) is 13.1 Å². The molecule has 2 aromatic rings. The van der Waals surface area contributed by atoms with Crippen molar-refractivity contribution in [3.63, 3.8) is 0 Å². The number of benzene rings is 2. The maximum absolute atomic E-state index is 12.0. The second-order valence-corrected chi connectivity index (χ2v) is 7.84. The van der Waals surface area contributed by atoms with E-state index < -0.39 is 15.9 Å².